The zero-order chi connectivity index (χ0) is 16.6. The summed E-state index contributed by atoms with van der Waals surface area (Å²) >= 11 is 0. The smallest absolute Gasteiger partial charge is 0.169 e. The molecule has 1 aromatic carbocycles. The molecule has 1 fully saturated rings. The predicted octanol–water partition coefficient (Wildman–Crippen LogP) is 2.97. The normalized spacial score (nSPS) is 25.1. The number of ketones is 3. The van der Waals surface area contributed by atoms with Gasteiger partial charge in [-0.25, -0.2) is 0 Å². The molecule has 0 aromatic heterocycles. The molecule has 2 atom stereocenters. The predicted molar refractivity (Wildman–Crippen MR) is 88.6 cm³/mol. The second-order valence-corrected chi connectivity index (χ2v) is 6.40. The number of hydrogen-bond acceptors (Lipinski definition) is 4. The van der Waals surface area contributed by atoms with Gasteiger partial charge >= 0.3 is 0 Å². The summed E-state index contributed by atoms with van der Waals surface area (Å²) in [6, 6.07) is 5.76. The summed E-state index contributed by atoms with van der Waals surface area (Å²) in [7, 11) is 1.85. The summed E-state index contributed by atoms with van der Waals surface area (Å²) < 4.78 is 0. The quantitative estimate of drug-likeness (QED) is 0.518. The van der Waals surface area contributed by atoms with Crippen LogP contribution in [0.25, 0.3) is 0 Å². The second kappa shape index (κ2) is 6.11. The fraction of sp³-hybridized carbons (Fsp3) is 0.421. The Labute approximate surface area is 136 Å². The van der Waals surface area contributed by atoms with E-state index in [4.69, 9.17) is 0 Å². The Hall–Kier alpha value is -2.23. The van der Waals surface area contributed by atoms with Crippen molar-refractivity contribution in [2.45, 2.75) is 32.1 Å². The third-order valence-electron chi connectivity index (χ3n) is 5.10. The lowest BCUT2D eigenvalue weighted by molar-refractivity contribution is -0.127. The first kappa shape index (κ1) is 15.7. The van der Waals surface area contributed by atoms with Crippen molar-refractivity contribution in [3.63, 3.8) is 0 Å². The topological polar surface area (TPSA) is 63.2 Å². The number of carbonyl (C=O) groups excluding carboxylic acids is 3. The van der Waals surface area contributed by atoms with Crippen molar-refractivity contribution in [1.82, 2.24) is 0 Å². The highest BCUT2D eigenvalue weighted by Crippen LogP contribution is 2.36. The number of hydrogen-bond donors (Lipinski definition) is 1. The van der Waals surface area contributed by atoms with E-state index >= 15 is 0 Å². The van der Waals surface area contributed by atoms with Crippen LogP contribution in [0.15, 0.2) is 30.4 Å². The molecule has 4 heteroatoms. The molecular weight excluding hydrogens is 290 g/mol. The van der Waals surface area contributed by atoms with Gasteiger partial charge in [-0.1, -0.05) is 6.58 Å². The van der Waals surface area contributed by atoms with Crippen LogP contribution in [0.5, 0.6) is 0 Å². The molecule has 0 heterocycles. The van der Waals surface area contributed by atoms with Crippen LogP contribution in [0.2, 0.25) is 0 Å². The molecule has 2 aliphatic rings. The fourth-order valence-electron chi connectivity index (χ4n) is 3.74. The van der Waals surface area contributed by atoms with Gasteiger partial charge in [-0.15, -0.1) is 0 Å². The molecule has 0 amide bonds. The molecule has 1 N–H and O–H groups in total. The van der Waals surface area contributed by atoms with Gasteiger partial charge in [0, 0.05) is 36.6 Å². The summed E-state index contributed by atoms with van der Waals surface area (Å²) in [6.07, 6.45) is 3.20. The van der Waals surface area contributed by atoms with Crippen LogP contribution in [0.1, 0.15) is 41.6 Å². The molecule has 23 heavy (non-hydrogen) atoms. The van der Waals surface area contributed by atoms with Gasteiger partial charge in [0.1, 0.15) is 0 Å². The van der Waals surface area contributed by atoms with Gasteiger partial charge in [0.2, 0.25) is 0 Å². The fourth-order valence-corrected chi connectivity index (χ4v) is 3.74. The van der Waals surface area contributed by atoms with Gasteiger partial charge in [-0.05, 0) is 49.4 Å². The number of fused-ring (bicyclic) bond motifs is 1. The lowest BCUT2D eigenvalue weighted by Gasteiger charge is -2.27. The first-order chi connectivity index (χ1) is 11.0. The first-order valence-electron chi connectivity index (χ1n) is 8.14. The Kier molecular flexibility index (Phi) is 4.16. The standard InChI is InChI=1S/C19H21NO3/c1-11-17(21)9-8-16(18(11)22)15-5-3-4-12-10-13(20-2)6-7-14(12)19(15)23/h6-7,10,15-16,20H,1,3-5,8-9H2,2H3. The number of nitrogens with one attached hydrogen (secondary N) is 1. The molecule has 2 unspecified atom stereocenters. The minimum Gasteiger partial charge on any atom is -0.388 e. The van der Waals surface area contributed by atoms with E-state index in [0.717, 1.165) is 29.7 Å². The third kappa shape index (κ3) is 2.74. The summed E-state index contributed by atoms with van der Waals surface area (Å²) in [5.74, 6) is -1.07. The maximum absolute atomic E-state index is 13.0. The molecule has 1 aromatic rings. The van der Waals surface area contributed by atoms with Crippen LogP contribution in [0.3, 0.4) is 0 Å². The average molecular weight is 311 g/mol. The van der Waals surface area contributed by atoms with Crippen LogP contribution >= 0.6 is 0 Å². The number of allylic oxidation sites excluding steroid dienone is 1. The molecule has 3 rings (SSSR count). The maximum atomic E-state index is 13.0. The minimum absolute atomic E-state index is 0.0423. The van der Waals surface area contributed by atoms with E-state index in [0.29, 0.717) is 19.3 Å². The van der Waals surface area contributed by atoms with Crippen molar-refractivity contribution >= 4 is 23.0 Å². The van der Waals surface area contributed by atoms with E-state index in [2.05, 4.69) is 11.9 Å². The van der Waals surface area contributed by atoms with E-state index in [1.807, 2.05) is 25.2 Å². The van der Waals surface area contributed by atoms with Crippen molar-refractivity contribution in [3.8, 4) is 0 Å². The Morgan fingerprint density at radius 3 is 2.52 bits per heavy atom. The maximum Gasteiger partial charge on any atom is 0.169 e. The number of anilines is 1. The van der Waals surface area contributed by atoms with Crippen molar-refractivity contribution in [1.29, 1.82) is 0 Å². The van der Waals surface area contributed by atoms with Gasteiger partial charge in [0.05, 0.1) is 5.57 Å². The second-order valence-electron chi connectivity index (χ2n) is 6.40. The zero-order valence-electron chi connectivity index (χ0n) is 13.4. The molecule has 0 aliphatic heterocycles. The molecule has 4 nitrogen and oxygen atoms in total. The molecule has 1 saturated carbocycles. The van der Waals surface area contributed by atoms with Crippen LogP contribution in [-0.2, 0) is 16.0 Å². The third-order valence-corrected chi connectivity index (χ3v) is 5.10. The number of benzene rings is 1. The molecule has 120 valence electrons. The molecular formula is C19H21NO3. The Bertz CT molecular complexity index is 705. The molecule has 0 saturated heterocycles. The summed E-state index contributed by atoms with van der Waals surface area (Å²) in [4.78, 5) is 37.0. The van der Waals surface area contributed by atoms with Gasteiger partial charge in [0.15, 0.2) is 17.3 Å². The van der Waals surface area contributed by atoms with Crippen LogP contribution in [-0.4, -0.2) is 24.4 Å². The summed E-state index contributed by atoms with van der Waals surface area (Å²) in [5, 5.41) is 3.09. The average Bonchev–Trinajstić information content (AvgIpc) is 2.72. The summed E-state index contributed by atoms with van der Waals surface area (Å²) in [6.45, 7) is 3.62. The Morgan fingerprint density at radius 1 is 1.04 bits per heavy atom. The lowest BCUT2D eigenvalue weighted by atomic mass is 9.73. The molecule has 0 bridgehead atoms. The SMILES string of the molecule is C=C1C(=O)CCC(C2CCCc3cc(NC)ccc3C2=O)C1=O. The lowest BCUT2D eigenvalue weighted by Crippen LogP contribution is -2.36. The van der Waals surface area contributed by atoms with E-state index in [1.54, 1.807) is 0 Å². The Balaban J connectivity index is 1.92. The minimum atomic E-state index is -0.386. The number of Topliss-reactive ketones (excluding diaryl/α,β-unsaturated/α-hetero) is 3. The van der Waals surface area contributed by atoms with Crippen LogP contribution in [0, 0.1) is 11.8 Å². The van der Waals surface area contributed by atoms with Gasteiger partial charge in [-0.2, -0.15) is 0 Å². The van der Waals surface area contributed by atoms with Crippen LogP contribution < -0.4 is 5.32 Å². The summed E-state index contributed by atoms with van der Waals surface area (Å²) in [5.41, 5.74) is 2.83. The first-order valence-corrected chi connectivity index (χ1v) is 8.14. The van der Waals surface area contributed by atoms with Crippen molar-refractivity contribution < 1.29 is 14.4 Å². The van der Waals surface area contributed by atoms with Gasteiger partial charge < -0.3 is 5.32 Å². The van der Waals surface area contributed by atoms with Gasteiger partial charge in [0.25, 0.3) is 0 Å². The Morgan fingerprint density at radius 2 is 1.78 bits per heavy atom. The molecule has 0 spiro atoms. The monoisotopic (exact) mass is 311 g/mol. The number of carbonyl (C=O) groups is 3. The van der Waals surface area contributed by atoms with E-state index in [1.165, 1.54) is 0 Å². The van der Waals surface area contributed by atoms with E-state index in [9.17, 15) is 14.4 Å². The van der Waals surface area contributed by atoms with Crippen molar-refractivity contribution in [2.75, 3.05) is 12.4 Å². The van der Waals surface area contributed by atoms with E-state index in [-0.39, 0.29) is 34.8 Å². The largest absolute Gasteiger partial charge is 0.388 e. The van der Waals surface area contributed by atoms with Crippen LogP contribution in [0.4, 0.5) is 5.69 Å². The molecule has 0 radical (unpaired) electrons. The van der Waals surface area contributed by atoms with Crippen molar-refractivity contribution in [3.05, 3.63) is 41.5 Å². The highest BCUT2D eigenvalue weighted by atomic mass is 16.2. The molecule has 2 aliphatic carbocycles. The number of aryl methyl sites for hydroxylation is 1. The zero-order valence-corrected chi connectivity index (χ0v) is 13.4. The van der Waals surface area contributed by atoms with E-state index < -0.39 is 0 Å². The van der Waals surface area contributed by atoms with Gasteiger partial charge in [-0.3, -0.25) is 14.4 Å². The highest BCUT2D eigenvalue weighted by molar-refractivity contribution is 6.23. The highest BCUT2D eigenvalue weighted by Gasteiger charge is 2.40. The van der Waals surface area contributed by atoms with Crippen molar-refractivity contribution in [2.24, 2.45) is 11.8 Å². The number of rotatable bonds is 2.